The molecular formula is C25H24N4. The second-order valence-electron chi connectivity index (χ2n) is 7.33. The third-order valence-corrected chi connectivity index (χ3v) is 5.29. The average Bonchev–Trinajstić information content (AvgIpc) is 3.06. The molecule has 0 spiro atoms. The number of nitriles is 1. The van der Waals surface area contributed by atoms with Gasteiger partial charge in [0.15, 0.2) is 0 Å². The highest BCUT2D eigenvalue weighted by molar-refractivity contribution is 5.83. The number of aliphatic imine (C=N–C) groups is 1. The molecular weight excluding hydrogens is 356 g/mol. The molecule has 0 bridgehead atoms. The number of hydrogen-bond acceptors (Lipinski definition) is 2. The summed E-state index contributed by atoms with van der Waals surface area (Å²) in [5.74, 6) is 0.765. The van der Waals surface area contributed by atoms with E-state index in [4.69, 9.17) is 0 Å². The standard InChI is InChI=1S/C25H24N4/c26-20-27-25-28(17-22-12-6-2-7-13-22)19-24(16-21-10-4-1-5-11-21)29(25)18-23-14-8-3-9-15-23/h1-15,24H,16-19H2. The van der Waals surface area contributed by atoms with E-state index in [2.05, 4.69) is 87.6 Å². The molecule has 144 valence electrons. The van der Waals surface area contributed by atoms with Crippen LogP contribution in [0.2, 0.25) is 0 Å². The van der Waals surface area contributed by atoms with E-state index < -0.39 is 0 Å². The van der Waals surface area contributed by atoms with Crippen LogP contribution < -0.4 is 0 Å². The minimum absolute atomic E-state index is 0.258. The normalized spacial score (nSPS) is 17.5. The lowest BCUT2D eigenvalue weighted by molar-refractivity contribution is 0.332. The Bertz CT molecular complexity index is 978. The summed E-state index contributed by atoms with van der Waals surface area (Å²) in [5, 5.41) is 9.38. The van der Waals surface area contributed by atoms with Crippen molar-refractivity contribution in [3.63, 3.8) is 0 Å². The highest BCUT2D eigenvalue weighted by Crippen LogP contribution is 2.24. The number of benzene rings is 3. The Balaban J connectivity index is 1.63. The molecule has 1 fully saturated rings. The molecule has 4 heteroatoms. The van der Waals surface area contributed by atoms with Gasteiger partial charge in [-0.1, -0.05) is 91.0 Å². The third kappa shape index (κ3) is 4.64. The Morgan fingerprint density at radius 3 is 1.83 bits per heavy atom. The maximum atomic E-state index is 9.38. The summed E-state index contributed by atoms with van der Waals surface area (Å²) < 4.78 is 0. The zero-order valence-corrected chi connectivity index (χ0v) is 16.4. The highest BCUT2D eigenvalue weighted by atomic mass is 15.4. The van der Waals surface area contributed by atoms with Crippen molar-refractivity contribution in [2.24, 2.45) is 4.99 Å². The van der Waals surface area contributed by atoms with Gasteiger partial charge in [0.1, 0.15) is 0 Å². The second-order valence-corrected chi connectivity index (χ2v) is 7.33. The van der Waals surface area contributed by atoms with Gasteiger partial charge in [0.2, 0.25) is 12.2 Å². The van der Waals surface area contributed by atoms with E-state index in [9.17, 15) is 5.26 Å². The Labute approximate surface area is 172 Å². The van der Waals surface area contributed by atoms with Crippen molar-refractivity contribution in [3.05, 3.63) is 108 Å². The Morgan fingerprint density at radius 2 is 1.28 bits per heavy atom. The number of nitrogens with zero attached hydrogens (tertiary/aromatic N) is 4. The van der Waals surface area contributed by atoms with Gasteiger partial charge >= 0.3 is 0 Å². The number of guanidine groups is 1. The molecule has 0 N–H and O–H groups in total. The smallest absolute Gasteiger partial charge is 0.213 e. The summed E-state index contributed by atoms with van der Waals surface area (Å²) in [7, 11) is 0. The van der Waals surface area contributed by atoms with Gasteiger partial charge in [0.05, 0.1) is 6.04 Å². The first-order valence-electron chi connectivity index (χ1n) is 9.93. The predicted octanol–water partition coefficient (Wildman–Crippen LogP) is 4.45. The van der Waals surface area contributed by atoms with Crippen LogP contribution in [0.4, 0.5) is 0 Å². The summed E-state index contributed by atoms with van der Waals surface area (Å²) >= 11 is 0. The van der Waals surface area contributed by atoms with E-state index in [1.807, 2.05) is 24.4 Å². The van der Waals surface area contributed by atoms with E-state index in [1.165, 1.54) is 16.7 Å². The van der Waals surface area contributed by atoms with Crippen LogP contribution in [0.1, 0.15) is 16.7 Å². The van der Waals surface area contributed by atoms with Gasteiger partial charge in [0, 0.05) is 19.6 Å². The summed E-state index contributed by atoms with van der Waals surface area (Å²) in [6, 6.07) is 31.6. The topological polar surface area (TPSA) is 42.6 Å². The van der Waals surface area contributed by atoms with Crippen molar-refractivity contribution >= 4 is 5.96 Å². The zero-order chi connectivity index (χ0) is 19.9. The van der Waals surface area contributed by atoms with E-state index in [1.54, 1.807) is 0 Å². The summed E-state index contributed by atoms with van der Waals surface area (Å²) in [5.41, 5.74) is 3.74. The van der Waals surface area contributed by atoms with Crippen LogP contribution >= 0.6 is 0 Å². The maximum Gasteiger partial charge on any atom is 0.213 e. The molecule has 1 heterocycles. The average molecular weight is 380 g/mol. The number of hydrogen-bond donors (Lipinski definition) is 0. The molecule has 4 rings (SSSR count). The molecule has 0 aromatic heterocycles. The van der Waals surface area contributed by atoms with Crippen molar-refractivity contribution in [1.82, 2.24) is 9.80 Å². The summed E-state index contributed by atoms with van der Waals surface area (Å²) in [4.78, 5) is 8.76. The lowest BCUT2D eigenvalue weighted by Gasteiger charge is -2.26. The van der Waals surface area contributed by atoms with E-state index >= 15 is 0 Å². The van der Waals surface area contributed by atoms with Gasteiger partial charge in [-0.05, 0) is 23.1 Å². The van der Waals surface area contributed by atoms with Gasteiger partial charge in [-0.25, -0.2) is 0 Å². The largest absolute Gasteiger partial charge is 0.335 e. The van der Waals surface area contributed by atoms with Crippen LogP contribution in [-0.2, 0) is 19.5 Å². The van der Waals surface area contributed by atoms with E-state index in [0.717, 1.165) is 32.0 Å². The number of rotatable bonds is 6. The first kappa shape index (κ1) is 18.8. The minimum Gasteiger partial charge on any atom is -0.335 e. The lowest BCUT2D eigenvalue weighted by Crippen LogP contribution is -2.36. The van der Waals surface area contributed by atoms with Crippen molar-refractivity contribution < 1.29 is 0 Å². The zero-order valence-electron chi connectivity index (χ0n) is 16.4. The molecule has 1 aliphatic heterocycles. The Hall–Kier alpha value is -3.58. The third-order valence-electron chi connectivity index (χ3n) is 5.29. The maximum absolute atomic E-state index is 9.38. The molecule has 0 saturated carbocycles. The van der Waals surface area contributed by atoms with E-state index in [-0.39, 0.29) is 6.04 Å². The molecule has 1 saturated heterocycles. The molecule has 4 nitrogen and oxygen atoms in total. The fourth-order valence-electron chi connectivity index (χ4n) is 3.94. The van der Waals surface area contributed by atoms with Crippen LogP contribution in [0, 0.1) is 11.5 Å². The van der Waals surface area contributed by atoms with Crippen molar-refractivity contribution in [2.75, 3.05) is 6.54 Å². The summed E-state index contributed by atoms with van der Waals surface area (Å²) in [6.07, 6.45) is 2.95. The fraction of sp³-hybridized carbons (Fsp3) is 0.200. The van der Waals surface area contributed by atoms with Crippen LogP contribution in [-0.4, -0.2) is 28.3 Å². The van der Waals surface area contributed by atoms with E-state index in [0.29, 0.717) is 0 Å². The van der Waals surface area contributed by atoms with Gasteiger partial charge in [-0.2, -0.15) is 5.26 Å². The van der Waals surface area contributed by atoms with Crippen LogP contribution in [0.25, 0.3) is 0 Å². The second kappa shape index (κ2) is 9.07. The monoisotopic (exact) mass is 380 g/mol. The minimum atomic E-state index is 0.258. The lowest BCUT2D eigenvalue weighted by atomic mass is 10.0. The van der Waals surface area contributed by atoms with Crippen molar-refractivity contribution in [3.8, 4) is 6.19 Å². The first-order valence-corrected chi connectivity index (χ1v) is 9.93. The fourth-order valence-corrected chi connectivity index (χ4v) is 3.94. The molecule has 1 unspecified atom stereocenters. The van der Waals surface area contributed by atoms with Gasteiger partial charge in [-0.3, -0.25) is 0 Å². The molecule has 0 aliphatic carbocycles. The molecule has 0 radical (unpaired) electrons. The Kier molecular flexibility index (Phi) is 5.87. The van der Waals surface area contributed by atoms with Gasteiger partial charge in [0.25, 0.3) is 0 Å². The Morgan fingerprint density at radius 1 is 0.759 bits per heavy atom. The predicted molar refractivity (Wildman–Crippen MR) is 116 cm³/mol. The van der Waals surface area contributed by atoms with Crippen LogP contribution in [0.5, 0.6) is 0 Å². The van der Waals surface area contributed by atoms with Gasteiger partial charge < -0.3 is 9.80 Å². The molecule has 0 amide bonds. The molecule has 1 aliphatic rings. The molecule has 3 aromatic rings. The van der Waals surface area contributed by atoms with Gasteiger partial charge in [-0.15, -0.1) is 4.99 Å². The first-order chi connectivity index (χ1) is 14.3. The molecule has 3 aromatic carbocycles. The SMILES string of the molecule is N#CN=C1N(Cc2ccccc2)CC(Cc2ccccc2)N1Cc1ccccc1. The highest BCUT2D eigenvalue weighted by Gasteiger charge is 2.35. The summed E-state index contributed by atoms with van der Waals surface area (Å²) in [6.45, 7) is 2.33. The molecule has 29 heavy (non-hydrogen) atoms. The van der Waals surface area contributed by atoms with Crippen LogP contribution in [0.15, 0.2) is 96.0 Å². The molecule has 1 atom stereocenters. The quantitative estimate of drug-likeness (QED) is 0.593. The van der Waals surface area contributed by atoms with Crippen molar-refractivity contribution in [1.29, 1.82) is 5.26 Å². The van der Waals surface area contributed by atoms with Crippen molar-refractivity contribution in [2.45, 2.75) is 25.6 Å². The van der Waals surface area contributed by atoms with Crippen LogP contribution in [0.3, 0.4) is 0 Å².